The molecule has 6 heteroatoms. The number of hydrogen-bond donors (Lipinski definition) is 4. The summed E-state index contributed by atoms with van der Waals surface area (Å²) >= 11 is 0. The van der Waals surface area contributed by atoms with E-state index in [1.54, 1.807) is 0 Å². The van der Waals surface area contributed by atoms with Gasteiger partial charge < -0.3 is 20.8 Å². The molecule has 2 fully saturated rings. The van der Waals surface area contributed by atoms with Crippen LogP contribution in [0.25, 0.3) is 0 Å². The number of hydrogen-bond acceptors (Lipinski definition) is 4. The van der Waals surface area contributed by atoms with Crippen LogP contribution in [0.5, 0.6) is 0 Å². The average Bonchev–Trinajstić information content (AvgIpc) is 2.95. The zero-order valence-corrected chi connectivity index (χ0v) is 28.1. The predicted molar refractivity (Wildman–Crippen MR) is 172 cm³/mol. The van der Waals surface area contributed by atoms with Crippen LogP contribution in [0.4, 0.5) is 0 Å². The van der Waals surface area contributed by atoms with Crippen molar-refractivity contribution in [3.63, 3.8) is 0 Å². The van der Waals surface area contributed by atoms with Gasteiger partial charge in [0.2, 0.25) is 0 Å². The summed E-state index contributed by atoms with van der Waals surface area (Å²) in [6, 6.07) is 9.34. The van der Waals surface area contributed by atoms with E-state index in [0.29, 0.717) is 0 Å². The summed E-state index contributed by atoms with van der Waals surface area (Å²) < 4.78 is 0. The van der Waals surface area contributed by atoms with E-state index in [2.05, 4.69) is 79.9 Å². The Morgan fingerprint density at radius 3 is 1.52 bits per heavy atom. The molecule has 0 spiro atoms. The molecular formula is C36H60N2O4. The topological polar surface area (TPSA) is 98.7 Å². The standard InChI is InChI=1S/C36H60N2O4/c1-11-32(7)21-27(24(5)34(9,13-3)37-32)29(28-22-33(8,12-2)38-35(10,14-4)25(28)6)23-36(30(39)40,31(41)42)20-26-18-16-15-17-19-26/h15-19,24-25,27-29,37-38H,11-14,20-23H2,1-10H3,(H,39,40)(H,41,42). The number of rotatable bonds is 12. The molecule has 6 nitrogen and oxygen atoms in total. The maximum Gasteiger partial charge on any atom is 0.321 e. The summed E-state index contributed by atoms with van der Waals surface area (Å²) in [5.41, 5.74) is -1.61. The first-order valence-electron chi connectivity index (χ1n) is 16.6. The van der Waals surface area contributed by atoms with E-state index in [-0.39, 0.29) is 64.6 Å². The number of benzene rings is 1. The Hall–Kier alpha value is -1.92. The van der Waals surface area contributed by atoms with Gasteiger partial charge in [0.1, 0.15) is 0 Å². The Kier molecular flexibility index (Phi) is 10.4. The maximum absolute atomic E-state index is 13.3. The van der Waals surface area contributed by atoms with Crippen LogP contribution < -0.4 is 10.6 Å². The van der Waals surface area contributed by atoms with Crippen molar-refractivity contribution in [1.29, 1.82) is 0 Å². The lowest BCUT2D eigenvalue weighted by Crippen LogP contribution is -2.68. The number of carbonyl (C=O) groups is 2. The van der Waals surface area contributed by atoms with Crippen LogP contribution in [0.15, 0.2) is 30.3 Å². The molecule has 3 rings (SSSR count). The molecule has 8 unspecified atom stereocenters. The van der Waals surface area contributed by atoms with E-state index < -0.39 is 17.4 Å². The number of carboxylic acid groups (broad SMARTS) is 2. The van der Waals surface area contributed by atoms with E-state index in [1.165, 1.54) is 0 Å². The van der Waals surface area contributed by atoms with Gasteiger partial charge in [-0.15, -0.1) is 0 Å². The summed E-state index contributed by atoms with van der Waals surface area (Å²) in [6.07, 6.45) is 5.79. The number of nitrogens with one attached hydrogen (secondary N) is 2. The van der Waals surface area contributed by atoms with E-state index in [1.807, 2.05) is 30.3 Å². The summed E-state index contributed by atoms with van der Waals surface area (Å²) in [6.45, 7) is 22.8. The SMILES string of the molecule is CCC1(C)CC(C(CC(Cc2ccccc2)(C(=O)O)C(=O)O)C2CC(C)(CC)NC(C)(CC)C2C)C(C)C(C)(CC)N1. The first-order valence-corrected chi connectivity index (χ1v) is 16.6. The Bertz CT molecular complexity index is 1030. The normalized spacial score (nSPS) is 38.1. The van der Waals surface area contributed by atoms with E-state index in [0.717, 1.165) is 44.1 Å². The molecule has 4 N–H and O–H groups in total. The largest absolute Gasteiger partial charge is 0.480 e. The van der Waals surface area contributed by atoms with Crippen LogP contribution in [0.1, 0.15) is 120 Å². The molecule has 2 saturated heterocycles. The maximum atomic E-state index is 13.3. The van der Waals surface area contributed by atoms with Gasteiger partial charge in [-0.05, 0) is 114 Å². The Morgan fingerprint density at radius 1 is 0.786 bits per heavy atom. The van der Waals surface area contributed by atoms with E-state index in [4.69, 9.17) is 0 Å². The molecule has 2 aliphatic heterocycles. The first kappa shape index (κ1) is 34.6. The molecule has 0 aliphatic carbocycles. The van der Waals surface area contributed by atoms with Crippen molar-refractivity contribution in [2.24, 2.45) is 35.0 Å². The van der Waals surface area contributed by atoms with Crippen LogP contribution in [0, 0.1) is 35.0 Å². The van der Waals surface area contributed by atoms with Gasteiger partial charge in [0.05, 0.1) is 0 Å². The average molecular weight is 585 g/mol. The van der Waals surface area contributed by atoms with Crippen molar-refractivity contribution >= 4 is 11.9 Å². The minimum atomic E-state index is -1.91. The van der Waals surface area contributed by atoms with Crippen LogP contribution in [0.3, 0.4) is 0 Å². The van der Waals surface area contributed by atoms with Crippen molar-refractivity contribution in [2.45, 2.75) is 143 Å². The second-order valence-electron chi connectivity index (χ2n) is 15.2. The van der Waals surface area contributed by atoms with Crippen molar-refractivity contribution in [1.82, 2.24) is 10.6 Å². The highest BCUT2D eigenvalue weighted by Gasteiger charge is 2.58. The van der Waals surface area contributed by atoms with Gasteiger partial charge in [-0.3, -0.25) is 9.59 Å². The predicted octanol–water partition coefficient (Wildman–Crippen LogP) is 7.56. The van der Waals surface area contributed by atoms with Crippen LogP contribution in [-0.4, -0.2) is 44.3 Å². The fourth-order valence-electron chi connectivity index (χ4n) is 8.83. The van der Waals surface area contributed by atoms with Crippen LogP contribution >= 0.6 is 0 Å². The highest BCUT2D eigenvalue weighted by atomic mass is 16.4. The minimum absolute atomic E-state index is 0.0140. The molecule has 2 heterocycles. The molecule has 2 aliphatic rings. The number of carboxylic acids is 2. The van der Waals surface area contributed by atoms with Crippen LogP contribution in [-0.2, 0) is 16.0 Å². The second-order valence-corrected chi connectivity index (χ2v) is 15.2. The smallest absolute Gasteiger partial charge is 0.321 e. The first-order chi connectivity index (χ1) is 19.5. The van der Waals surface area contributed by atoms with Crippen molar-refractivity contribution in [3.05, 3.63) is 35.9 Å². The quantitative estimate of drug-likeness (QED) is 0.189. The fourth-order valence-corrected chi connectivity index (χ4v) is 8.83. The van der Waals surface area contributed by atoms with Gasteiger partial charge in [0.15, 0.2) is 5.41 Å². The van der Waals surface area contributed by atoms with E-state index >= 15 is 0 Å². The third-order valence-electron chi connectivity index (χ3n) is 12.7. The molecule has 0 aromatic heterocycles. The van der Waals surface area contributed by atoms with Gasteiger partial charge in [-0.2, -0.15) is 0 Å². The Labute approximate surface area is 255 Å². The summed E-state index contributed by atoms with van der Waals surface area (Å²) in [5, 5.41) is 29.7. The zero-order chi connectivity index (χ0) is 31.7. The summed E-state index contributed by atoms with van der Waals surface area (Å²) in [7, 11) is 0. The zero-order valence-electron chi connectivity index (χ0n) is 28.1. The van der Waals surface area contributed by atoms with Crippen molar-refractivity contribution in [2.75, 3.05) is 0 Å². The molecule has 42 heavy (non-hydrogen) atoms. The highest BCUT2D eigenvalue weighted by molar-refractivity contribution is 5.98. The third-order valence-corrected chi connectivity index (χ3v) is 12.7. The molecule has 8 atom stereocenters. The third kappa shape index (κ3) is 6.45. The molecule has 0 bridgehead atoms. The fraction of sp³-hybridized carbons (Fsp3) is 0.778. The van der Waals surface area contributed by atoms with Gasteiger partial charge in [-0.1, -0.05) is 71.9 Å². The number of aliphatic carboxylic acids is 2. The van der Waals surface area contributed by atoms with Crippen molar-refractivity contribution < 1.29 is 19.8 Å². The van der Waals surface area contributed by atoms with Gasteiger partial charge in [0, 0.05) is 22.2 Å². The van der Waals surface area contributed by atoms with Gasteiger partial charge in [0.25, 0.3) is 0 Å². The van der Waals surface area contributed by atoms with Gasteiger partial charge in [-0.25, -0.2) is 0 Å². The highest BCUT2D eigenvalue weighted by Crippen LogP contribution is 2.55. The molecule has 1 aromatic rings. The van der Waals surface area contributed by atoms with Gasteiger partial charge >= 0.3 is 11.9 Å². The lowest BCUT2D eigenvalue weighted by Gasteiger charge is -2.60. The Balaban J connectivity index is 2.27. The number of piperidine rings is 2. The Morgan fingerprint density at radius 2 is 1.19 bits per heavy atom. The summed E-state index contributed by atoms with van der Waals surface area (Å²) in [5.74, 6) is -1.63. The molecular weight excluding hydrogens is 524 g/mol. The van der Waals surface area contributed by atoms with Crippen LogP contribution in [0.2, 0.25) is 0 Å². The van der Waals surface area contributed by atoms with Crippen molar-refractivity contribution in [3.8, 4) is 0 Å². The lowest BCUT2D eigenvalue weighted by atomic mass is 9.52. The monoisotopic (exact) mass is 584 g/mol. The minimum Gasteiger partial charge on any atom is -0.480 e. The van der Waals surface area contributed by atoms with E-state index in [9.17, 15) is 19.8 Å². The molecule has 1 aromatic carbocycles. The molecule has 0 saturated carbocycles. The molecule has 0 radical (unpaired) electrons. The molecule has 0 amide bonds. The summed E-state index contributed by atoms with van der Waals surface area (Å²) in [4.78, 5) is 26.5. The lowest BCUT2D eigenvalue weighted by molar-refractivity contribution is -0.168. The molecule has 238 valence electrons. The second kappa shape index (κ2) is 12.6.